The summed E-state index contributed by atoms with van der Waals surface area (Å²) in [6, 6.07) is 0. The molecule has 1 unspecified atom stereocenters. The summed E-state index contributed by atoms with van der Waals surface area (Å²) in [5, 5.41) is 16.4. The van der Waals surface area contributed by atoms with E-state index in [-0.39, 0.29) is 6.10 Å². The number of nitrogens with one attached hydrogen (secondary N) is 1. The van der Waals surface area contributed by atoms with Gasteiger partial charge in [0.15, 0.2) is 0 Å². The Balaban J connectivity index is 2.43. The van der Waals surface area contributed by atoms with Crippen LogP contribution in [0.2, 0.25) is 0 Å². The van der Waals surface area contributed by atoms with Crippen LogP contribution in [0.5, 0.6) is 0 Å². The van der Waals surface area contributed by atoms with E-state index in [0.717, 1.165) is 12.4 Å². The van der Waals surface area contributed by atoms with Gasteiger partial charge in [0.2, 0.25) is 0 Å². The van der Waals surface area contributed by atoms with Crippen molar-refractivity contribution in [2.45, 2.75) is 40.0 Å². The van der Waals surface area contributed by atoms with Crippen molar-refractivity contribution < 1.29 is 5.11 Å². The zero-order valence-electron chi connectivity index (χ0n) is 9.64. The Bertz CT molecular complexity index is 283. The molecule has 0 fully saturated rings. The van der Waals surface area contributed by atoms with E-state index in [2.05, 4.69) is 29.2 Å². The van der Waals surface area contributed by atoms with Crippen LogP contribution in [-0.4, -0.2) is 32.5 Å². The molecule has 0 aliphatic heterocycles. The molecule has 0 aromatic carbocycles. The highest BCUT2D eigenvalue weighted by Crippen LogP contribution is 2.00. The first-order valence-corrected chi connectivity index (χ1v) is 5.35. The minimum Gasteiger partial charge on any atom is -0.392 e. The van der Waals surface area contributed by atoms with E-state index in [4.69, 9.17) is 5.11 Å². The van der Waals surface area contributed by atoms with Crippen molar-refractivity contribution in [2.24, 2.45) is 5.92 Å². The van der Waals surface area contributed by atoms with E-state index < -0.39 is 0 Å². The lowest BCUT2D eigenvalue weighted by molar-refractivity contribution is 0.190. The number of nitrogens with zero attached hydrogens (tertiary/aromatic N) is 3. The zero-order valence-corrected chi connectivity index (χ0v) is 9.64. The average Bonchev–Trinajstić information content (AvgIpc) is 2.51. The molecule has 1 aromatic rings. The highest BCUT2D eigenvalue weighted by atomic mass is 16.3. The number of rotatable bonds is 6. The molecule has 0 amide bonds. The maximum absolute atomic E-state index is 9.09. The summed E-state index contributed by atoms with van der Waals surface area (Å²) >= 11 is 0. The van der Waals surface area contributed by atoms with E-state index in [9.17, 15) is 0 Å². The quantitative estimate of drug-likeness (QED) is 0.716. The van der Waals surface area contributed by atoms with Gasteiger partial charge in [-0.05, 0) is 12.8 Å². The van der Waals surface area contributed by atoms with Gasteiger partial charge in [-0.2, -0.15) is 5.10 Å². The van der Waals surface area contributed by atoms with Crippen LogP contribution < -0.4 is 5.32 Å². The van der Waals surface area contributed by atoms with Gasteiger partial charge < -0.3 is 10.4 Å². The number of aliphatic hydroxyl groups excluding tert-OH is 1. The third-order valence-electron chi connectivity index (χ3n) is 1.96. The monoisotopic (exact) mass is 212 g/mol. The minimum atomic E-state index is -0.327. The minimum absolute atomic E-state index is 0.327. The first-order valence-electron chi connectivity index (χ1n) is 5.35. The average molecular weight is 212 g/mol. The molecule has 0 radical (unpaired) electrons. The maximum Gasteiger partial charge on any atom is 0.140 e. The summed E-state index contributed by atoms with van der Waals surface area (Å²) < 4.78 is 1.90. The number of aromatic nitrogens is 3. The molecule has 1 aromatic heterocycles. The molecule has 0 saturated heterocycles. The Morgan fingerprint density at radius 2 is 2.20 bits per heavy atom. The first kappa shape index (κ1) is 12.1. The van der Waals surface area contributed by atoms with Crippen LogP contribution in [0.1, 0.15) is 26.6 Å². The summed E-state index contributed by atoms with van der Waals surface area (Å²) in [5.74, 6) is 1.48. The SMILES string of the molecule is CC(C)Cn1ncnc1CNCC(C)O. The molecule has 1 heterocycles. The molecule has 0 aliphatic rings. The molecule has 0 aliphatic carbocycles. The van der Waals surface area contributed by atoms with Crippen LogP contribution >= 0.6 is 0 Å². The Kier molecular flexibility index (Phi) is 4.71. The van der Waals surface area contributed by atoms with Crippen molar-refractivity contribution in [1.29, 1.82) is 0 Å². The van der Waals surface area contributed by atoms with E-state index >= 15 is 0 Å². The summed E-state index contributed by atoms with van der Waals surface area (Å²) in [7, 11) is 0. The Labute approximate surface area is 90.5 Å². The molecule has 2 N–H and O–H groups in total. The molecule has 0 saturated carbocycles. The predicted octanol–water partition coefficient (Wildman–Crippen LogP) is 0.405. The lowest BCUT2D eigenvalue weighted by atomic mass is 10.2. The van der Waals surface area contributed by atoms with Crippen molar-refractivity contribution in [3.63, 3.8) is 0 Å². The van der Waals surface area contributed by atoms with E-state index in [0.29, 0.717) is 19.0 Å². The Morgan fingerprint density at radius 1 is 1.47 bits per heavy atom. The molecule has 0 spiro atoms. The highest BCUT2D eigenvalue weighted by Gasteiger charge is 2.05. The van der Waals surface area contributed by atoms with Crippen LogP contribution in [0.25, 0.3) is 0 Å². The van der Waals surface area contributed by atoms with Crippen LogP contribution in [0.4, 0.5) is 0 Å². The van der Waals surface area contributed by atoms with Gasteiger partial charge >= 0.3 is 0 Å². The molecule has 86 valence electrons. The third-order valence-corrected chi connectivity index (χ3v) is 1.96. The molecular weight excluding hydrogens is 192 g/mol. The number of hydrogen-bond acceptors (Lipinski definition) is 4. The lowest BCUT2D eigenvalue weighted by Crippen LogP contribution is -2.26. The molecule has 1 rings (SSSR count). The van der Waals surface area contributed by atoms with Crippen LogP contribution in [-0.2, 0) is 13.1 Å². The Morgan fingerprint density at radius 3 is 2.80 bits per heavy atom. The molecule has 0 bridgehead atoms. The molecular formula is C10H20N4O. The topological polar surface area (TPSA) is 63.0 Å². The zero-order chi connectivity index (χ0) is 11.3. The molecule has 5 heteroatoms. The summed E-state index contributed by atoms with van der Waals surface area (Å²) in [6.07, 6.45) is 1.24. The van der Waals surface area contributed by atoms with Crippen LogP contribution in [0.15, 0.2) is 6.33 Å². The maximum atomic E-state index is 9.09. The van der Waals surface area contributed by atoms with E-state index in [1.807, 2.05) is 4.68 Å². The largest absolute Gasteiger partial charge is 0.392 e. The second-order valence-corrected chi connectivity index (χ2v) is 4.23. The van der Waals surface area contributed by atoms with Gasteiger partial charge in [0.1, 0.15) is 12.2 Å². The van der Waals surface area contributed by atoms with Gasteiger partial charge in [-0.3, -0.25) is 0 Å². The second kappa shape index (κ2) is 5.82. The summed E-state index contributed by atoms with van der Waals surface area (Å²) in [4.78, 5) is 4.17. The fourth-order valence-electron chi connectivity index (χ4n) is 1.32. The van der Waals surface area contributed by atoms with Gasteiger partial charge in [0.25, 0.3) is 0 Å². The molecule has 1 atom stereocenters. The standard InChI is InChI=1S/C10H20N4O/c1-8(2)6-14-10(12-7-13-14)5-11-4-9(3)15/h7-9,11,15H,4-6H2,1-3H3. The normalized spacial score (nSPS) is 13.4. The van der Waals surface area contributed by atoms with E-state index in [1.165, 1.54) is 0 Å². The molecule has 15 heavy (non-hydrogen) atoms. The van der Waals surface area contributed by atoms with Gasteiger partial charge in [-0.1, -0.05) is 13.8 Å². The summed E-state index contributed by atoms with van der Waals surface area (Å²) in [6.45, 7) is 8.16. The van der Waals surface area contributed by atoms with E-state index in [1.54, 1.807) is 13.3 Å². The van der Waals surface area contributed by atoms with Gasteiger partial charge in [-0.15, -0.1) is 0 Å². The van der Waals surface area contributed by atoms with Crippen molar-refractivity contribution in [3.05, 3.63) is 12.2 Å². The Hall–Kier alpha value is -0.940. The molecule has 5 nitrogen and oxygen atoms in total. The van der Waals surface area contributed by atoms with Crippen molar-refractivity contribution in [1.82, 2.24) is 20.1 Å². The first-order chi connectivity index (χ1) is 7.09. The number of hydrogen-bond donors (Lipinski definition) is 2. The second-order valence-electron chi connectivity index (χ2n) is 4.23. The summed E-state index contributed by atoms with van der Waals surface area (Å²) in [5.41, 5.74) is 0. The lowest BCUT2D eigenvalue weighted by Gasteiger charge is -2.10. The van der Waals surface area contributed by atoms with Gasteiger partial charge in [0, 0.05) is 13.1 Å². The van der Waals surface area contributed by atoms with Crippen LogP contribution in [0.3, 0.4) is 0 Å². The fourth-order valence-corrected chi connectivity index (χ4v) is 1.32. The third kappa shape index (κ3) is 4.40. The smallest absolute Gasteiger partial charge is 0.140 e. The van der Waals surface area contributed by atoms with Gasteiger partial charge in [-0.25, -0.2) is 9.67 Å². The number of aliphatic hydroxyl groups is 1. The van der Waals surface area contributed by atoms with Crippen molar-refractivity contribution >= 4 is 0 Å². The highest BCUT2D eigenvalue weighted by molar-refractivity contribution is 4.84. The van der Waals surface area contributed by atoms with Crippen molar-refractivity contribution in [3.8, 4) is 0 Å². The van der Waals surface area contributed by atoms with Crippen LogP contribution in [0, 0.1) is 5.92 Å². The van der Waals surface area contributed by atoms with Gasteiger partial charge in [0.05, 0.1) is 12.6 Å². The predicted molar refractivity (Wildman–Crippen MR) is 58.2 cm³/mol. The van der Waals surface area contributed by atoms with Crippen molar-refractivity contribution in [2.75, 3.05) is 6.54 Å². The fraction of sp³-hybridized carbons (Fsp3) is 0.800.